The largest absolute Gasteiger partial charge is 0.346 e. The number of carbonyl (C=O) groups excluding carboxylic acids is 3. The van der Waals surface area contributed by atoms with Crippen molar-refractivity contribution >= 4 is 29.1 Å². The first kappa shape index (κ1) is 25.2. The summed E-state index contributed by atoms with van der Waals surface area (Å²) >= 11 is 1.47. The minimum absolute atomic E-state index is 0.0214. The van der Waals surface area contributed by atoms with E-state index in [1.165, 1.54) is 28.4 Å². The van der Waals surface area contributed by atoms with Crippen LogP contribution in [0, 0.1) is 5.82 Å². The third-order valence-electron chi connectivity index (χ3n) is 7.35. The lowest BCUT2D eigenvalue weighted by Gasteiger charge is -2.24. The van der Waals surface area contributed by atoms with Crippen molar-refractivity contribution in [2.45, 2.75) is 45.2 Å². The molecule has 3 amide bonds. The molecule has 7 nitrogen and oxygen atoms in total. The average Bonchev–Trinajstić information content (AvgIpc) is 3.57. The van der Waals surface area contributed by atoms with Crippen molar-refractivity contribution in [1.29, 1.82) is 0 Å². The van der Waals surface area contributed by atoms with Crippen LogP contribution in [0.5, 0.6) is 0 Å². The predicted octanol–water partition coefficient (Wildman–Crippen LogP) is 4.90. The first-order valence-corrected chi connectivity index (χ1v) is 13.9. The highest BCUT2D eigenvalue weighted by Crippen LogP contribution is 2.37. The first-order valence-electron chi connectivity index (χ1n) is 13.1. The molecule has 0 saturated heterocycles. The number of imide groups is 1. The Morgan fingerprint density at radius 3 is 2.56 bits per heavy atom. The smallest absolute Gasteiger partial charge is 0.261 e. The maximum Gasteiger partial charge on any atom is 0.261 e. The second-order valence-electron chi connectivity index (χ2n) is 9.92. The van der Waals surface area contributed by atoms with Gasteiger partial charge in [-0.1, -0.05) is 31.2 Å². The van der Waals surface area contributed by atoms with Crippen LogP contribution in [0.1, 0.15) is 59.7 Å². The fraction of sp³-hybridized carbons (Fsp3) is 0.267. The summed E-state index contributed by atoms with van der Waals surface area (Å²) < 4.78 is 16.0. The Bertz CT molecular complexity index is 1570. The van der Waals surface area contributed by atoms with E-state index in [-0.39, 0.29) is 24.7 Å². The van der Waals surface area contributed by atoms with Crippen LogP contribution in [0.2, 0.25) is 0 Å². The predicted molar refractivity (Wildman–Crippen MR) is 146 cm³/mol. The molecule has 39 heavy (non-hydrogen) atoms. The summed E-state index contributed by atoms with van der Waals surface area (Å²) in [6.45, 7) is 2.92. The lowest BCUT2D eigenvalue weighted by Crippen LogP contribution is -2.46. The van der Waals surface area contributed by atoms with Crippen LogP contribution in [-0.4, -0.2) is 45.0 Å². The molecule has 1 atom stereocenters. The van der Waals surface area contributed by atoms with Crippen molar-refractivity contribution in [2.24, 2.45) is 0 Å². The molecule has 198 valence electrons. The van der Waals surface area contributed by atoms with Crippen LogP contribution < -0.4 is 5.32 Å². The van der Waals surface area contributed by atoms with Gasteiger partial charge in [0.15, 0.2) is 0 Å². The maximum atomic E-state index is 14.0. The summed E-state index contributed by atoms with van der Waals surface area (Å²) in [6.07, 6.45) is 4.81. The SMILES string of the molecule is CCc1cnn2c1-c1cc(C(=O)NC(Cc3cccc(F)c3)CN3C(=O)c4ccccc4C3=O)sc1CCC2. The molecule has 0 radical (unpaired) electrons. The van der Waals surface area contributed by atoms with Crippen molar-refractivity contribution in [2.75, 3.05) is 6.54 Å². The highest BCUT2D eigenvalue weighted by molar-refractivity contribution is 7.14. The highest BCUT2D eigenvalue weighted by Gasteiger charge is 2.37. The summed E-state index contributed by atoms with van der Waals surface area (Å²) in [5.74, 6) is -1.45. The molecule has 2 aromatic carbocycles. The summed E-state index contributed by atoms with van der Waals surface area (Å²) in [6, 6.07) is 14.1. The van der Waals surface area contributed by atoms with Crippen LogP contribution in [0.25, 0.3) is 11.3 Å². The normalized spacial score (nSPS) is 15.0. The van der Waals surface area contributed by atoms with Crippen LogP contribution in [0.3, 0.4) is 0 Å². The molecule has 4 heterocycles. The molecule has 0 fully saturated rings. The first-order chi connectivity index (χ1) is 18.9. The molecule has 1 unspecified atom stereocenters. The van der Waals surface area contributed by atoms with Gasteiger partial charge < -0.3 is 5.32 Å². The molecule has 1 N–H and O–H groups in total. The monoisotopic (exact) mass is 542 g/mol. The number of nitrogens with one attached hydrogen (secondary N) is 1. The molecule has 2 aromatic heterocycles. The fourth-order valence-corrected chi connectivity index (χ4v) is 6.58. The average molecular weight is 543 g/mol. The van der Waals surface area contributed by atoms with E-state index in [0.29, 0.717) is 21.6 Å². The third-order valence-corrected chi connectivity index (χ3v) is 8.54. The number of rotatable bonds is 7. The summed E-state index contributed by atoms with van der Waals surface area (Å²) in [5, 5.41) is 7.60. The second-order valence-corrected chi connectivity index (χ2v) is 11.1. The van der Waals surface area contributed by atoms with Crippen molar-refractivity contribution in [1.82, 2.24) is 20.0 Å². The van der Waals surface area contributed by atoms with E-state index >= 15 is 0 Å². The highest BCUT2D eigenvalue weighted by atomic mass is 32.1. The van der Waals surface area contributed by atoms with Crippen LogP contribution in [0.4, 0.5) is 4.39 Å². The number of thiophene rings is 1. The Hall–Kier alpha value is -4.11. The molecular weight excluding hydrogens is 515 g/mol. The number of fused-ring (bicyclic) bond motifs is 4. The number of nitrogens with zero attached hydrogens (tertiary/aromatic N) is 3. The van der Waals surface area contributed by atoms with Gasteiger partial charge in [0.2, 0.25) is 0 Å². The summed E-state index contributed by atoms with van der Waals surface area (Å²) in [4.78, 5) is 42.6. The Morgan fingerprint density at radius 1 is 1.08 bits per heavy atom. The fourth-order valence-electron chi connectivity index (χ4n) is 5.47. The molecule has 2 aliphatic rings. The molecule has 0 bridgehead atoms. The third kappa shape index (κ3) is 4.67. The number of amides is 3. The van der Waals surface area contributed by atoms with Gasteiger partial charge in [-0.25, -0.2) is 4.39 Å². The van der Waals surface area contributed by atoms with Gasteiger partial charge in [0.25, 0.3) is 17.7 Å². The van der Waals surface area contributed by atoms with E-state index in [1.807, 2.05) is 16.9 Å². The van der Waals surface area contributed by atoms with E-state index in [0.717, 1.165) is 47.5 Å². The zero-order valence-electron chi connectivity index (χ0n) is 21.4. The lowest BCUT2D eigenvalue weighted by atomic mass is 10.0. The topological polar surface area (TPSA) is 84.3 Å². The van der Waals surface area contributed by atoms with Crippen molar-refractivity contribution in [3.8, 4) is 11.3 Å². The molecule has 2 aliphatic heterocycles. The number of hydrogen-bond acceptors (Lipinski definition) is 5. The minimum Gasteiger partial charge on any atom is -0.346 e. The van der Waals surface area contributed by atoms with Gasteiger partial charge in [-0.3, -0.25) is 24.0 Å². The number of halogens is 1. The Labute approximate surface area is 229 Å². The number of aryl methyl sites for hydroxylation is 3. The Balaban J connectivity index is 1.28. The van der Waals surface area contributed by atoms with E-state index in [2.05, 4.69) is 17.3 Å². The molecule has 0 spiro atoms. The molecule has 9 heteroatoms. The Kier molecular flexibility index (Phi) is 6.60. The van der Waals surface area contributed by atoms with E-state index in [9.17, 15) is 18.8 Å². The standard InChI is InChI=1S/C30H27FN4O3S/c1-2-19-16-32-35-12-6-11-25-24(27(19)35)15-26(39-25)28(36)33-21(14-18-7-5-8-20(31)13-18)17-34-29(37)22-9-3-4-10-23(22)30(34)38/h3-5,7-10,13,15-16,21H,2,6,11-12,14,17H2,1H3,(H,33,36). The maximum absolute atomic E-state index is 14.0. The van der Waals surface area contributed by atoms with Gasteiger partial charge in [0.05, 0.1) is 33.9 Å². The second kappa shape index (κ2) is 10.2. The zero-order chi connectivity index (χ0) is 27.1. The van der Waals surface area contributed by atoms with Crippen molar-refractivity contribution in [3.63, 3.8) is 0 Å². The molecule has 0 saturated carbocycles. The van der Waals surface area contributed by atoms with Gasteiger partial charge in [-0.15, -0.1) is 11.3 Å². The van der Waals surface area contributed by atoms with Crippen LogP contribution in [0.15, 0.2) is 60.8 Å². The van der Waals surface area contributed by atoms with E-state index in [1.54, 1.807) is 36.4 Å². The van der Waals surface area contributed by atoms with Crippen molar-refractivity contribution in [3.05, 3.63) is 98.6 Å². The number of carbonyl (C=O) groups is 3. The van der Waals surface area contributed by atoms with E-state index in [4.69, 9.17) is 0 Å². The zero-order valence-corrected chi connectivity index (χ0v) is 22.3. The number of benzene rings is 2. The van der Waals surface area contributed by atoms with Gasteiger partial charge >= 0.3 is 0 Å². The van der Waals surface area contributed by atoms with Gasteiger partial charge in [-0.05, 0) is 67.1 Å². The lowest BCUT2D eigenvalue weighted by molar-refractivity contribution is 0.0629. The number of aromatic nitrogens is 2. The Morgan fingerprint density at radius 2 is 1.85 bits per heavy atom. The van der Waals surface area contributed by atoms with Gasteiger partial charge in [0.1, 0.15) is 5.82 Å². The molecule has 6 rings (SSSR count). The van der Waals surface area contributed by atoms with Gasteiger partial charge in [-0.2, -0.15) is 5.10 Å². The van der Waals surface area contributed by atoms with Gasteiger partial charge in [0, 0.05) is 23.5 Å². The van der Waals surface area contributed by atoms with E-state index < -0.39 is 17.9 Å². The van der Waals surface area contributed by atoms with Crippen LogP contribution >= 0.6 is 11.3 Å². The summed E-state index contributed by atoms with van der Waals surface area (Å²) in [7, 11) is 0. The molecule has 4 aromatic rings. The number of hydrogen-bond donors (Lipinski definition) is 1. The minimum atomic E-state index is -0.611. The quantitative estimate of drug-likeness (QED) is 0.337. The van der Waals surface area contributed by atoms with Crippen LogP contribution in [-0.2, 0) is 25.8 Å². The summed E-state index contributed by atoms with van der Waals surface area (Å²) in [5.41, 5.74) is 4.63. The molecule has 0 aliphatic carbocycles. The van der Waals surface area contributed by atoms with Crippen molar-refractivity contribution < 1.29 is 18.8 Å². The molecular formula is C30H27FN4O3S.